The van der Waals surface area contributed by atoms with Crippen molar-refractivity contribution in [1.29, 1.82) is 0 Å². The highest BCUT2D eigenvalue weighted by molar-refractivity contribution is 6.29. The summed E-state index contributed by atoms with van der Waals surface area (Å²) in [7, 11) is 0. The molecule has 120 valence electrons. The fourth-order valence-corrected chi connectivity index (χ4v) is 1.91. The molecule has 0 aliphatic carbocycles. The summed E-state index contributed by atoms with van der Waals surface area (Å²) in [6.07, 6.45) is 1.60. The normalized spacial score (nSPS) is 10.8. The predicted molar refractivity (Wildman–Crippen MR) is 90.3 cm³/mol. The Hall–Kier alpha value is -2.32. The molecule has 0 atom stereocenters. The van der Waals surface area contributed by atoms with Crippen molar-refractivity contribution in [2.24, 2.45) is 0 Å². The van der Waals surface area contributed by atoms with Gasteiger partial charge in [0.25, 0.3) is 0 Å². The SMILES string of the molecule is CC(C)(C)OC(=O)NCCC#Cc1ccc2ncc(Cl)nc2c1. The van der Waals surface area contributed by atoms with Crippen LogP contribution in [0.3, 0.4) is 0 Å². The summed E-state index contributed by atoms with van der Waals surface area (Å²) in [5, 5.41) is 3.01. The van der Waals surface area contributed by atoms with Crippen LogP contribution in [0.2, 0.25) is 5.15 Å². The minimum absolute atomic E-state index is 0.351. The second-order valence-electron chi connectivity index (χ2n) is 5.88. The maximum atomic E-state index is 11.5. The van der Waals surface area contributed by atoms with Crippen LogP contribution in [0.25, 0.3) is 11.0 Å². The number of nitrogens with zero attached hydrogens (tertiary/aromatic N) is 2. The van der Waals surface area contributed by atoms with E-state index in [0.29, 0.717) is 23.6 Å². The first-order chi connectivity index (χ1) is 10.8. The Balaban J connectivity index is 1.89. The third-order valence-electron chi connectivity index (χ3n) is 2.66. The molecule has 0 fully saturated rings. The van der Waals surface area contributed by atoms with E-state index in [4.69, 9.17) is 16.3 Å². The fraction of sp³-hybridized carbons (Fsp3) is 0.353. The predicted octanol–water partition coefficient (Wildman–Crippen LogP) is 3.55. The Bertz CT molecular complexity index is 773. The van der Waals surface area contributed by atoms with Crippen molar-refractivity contribution >= 4 is 28.7 Å². The number of ether oxygens (including phenoxy) is 1. The average Bonchev–Trinajstić information content (AvgIpc) is 2.44. The Morgan fingerprint density at radius 3 is 2.87 bits per heavy atom. The maximum absolute atomic E-state index is 11.5. The van der Waals surface area contributed by atoms with Gasteiger partial charge in [0, 0.05) is 18.5 Å². The first-order valence-electron chi connectivity index (χ1n) is 7.21. The third kappa shape index (κ3) is 5.76. The molecule has 0 aliphatic heterocycles. The maximum Gasteiger partial charge on any atom is 0.407 e. The van der Waals surface area contributed by atoms with Crippen molar-refractivity contribution in [2.75, 3.05) is 6.54 Å². The van der Waals surface area contributed by atoms with Gasteiger partial charge in [-0.15, -0.1) is 0 Å². The molecule has 5 nitrogen and oxygen atoms in total. The molecule has 1 aromatic heterocycles. The smallest absolute Gasteiger partial charge is 0.407 e. The highest BCUT2D eigenvalue weighted by Gasteiger charge is 2.15. The third-order valence-corrected chi connectivity index (χ3v) is 2.85. The summed E-state index contributed by atoms with van der Waals surface area (Å²) in [5.74, 6) is 6.02. The van der Waals surface area contributed by atoms with Gasteiger partial charge in [0.1, 0.15) is 10.8 Å². The Morgan fingerprint density at radius 1 is 1.35 bits per heavy atom. The molecule has 0 spiro atoms. The van der Waals surface area contributed by atoms with Gasteiger partial charge in [-0.05, 0) is 39.0 Å². The minimum atomic E-state index is -0.497. The quantitative estimate of drug-likeness (QED) is 0.675. The Morgan fingerprint density at radius 2 is 2.13 bits per heavy atom. The lowest BCUT2D eigenvalue weighted by atomic mass is 10.2. The van der Waals surface area contributed by atoms with Crippen molar-refractivity contribution in [2.45, 2.75) is 32.8 Å². The average molecular weight is 332 g/mol. The number of halogens is 1. The van der Waals surface area contributed by atoms with Crippen LogP contribution < -0.4 is 5.32 Å². The van der Waals surface area contributed by atoms with Gasteiger partial charge in [-0.25, -0.2) is 9.78 Å². The molecule has 1 N–H and O–H groups in total. The number of hydrogen-bond acceptors (Lipinski definition) is 4. The summed E-state index contributed by atoms with van der Waals surface area (Å²) in [4.78, 5) is 19.8. The first-order valence-corrected chi connectivity index (χ1v) is 7.59. The van der Waals surface area contributed by atoms with Crippen molar-refractivity contribution in [3.63, 3.8) is 0 Å². The van der Waals surface area contributed by atoms with Gasteiger partial charge in [-0.2, -0.15) is 0 Å². The molecule has 0 bridgehead atoms. The lowest BCUT2D eigenvalue weighted by Gasteiger charge is -2.19. The standard InChI is InChI=1S/C17H18ClN3O2/c1-17(2,3)23-16(22)19-9-5-4-6-12-7-8-13-14(10-12)21-15(18)11-20-13/h7-8,10-11H,5,9H2,1-3H3,(H,19,22). The van der Waals surface area contributed by atoms with Gasteiger partial charge in [0.2, 0.25) is 0 Å². The highest BCUT2D eigenvalue weighted by atomic mass is 35.5. The zero-order chi connectivity index (χ0) is 16.9. The van der Waals surface area contributed by atoms with Crippen LogP contribution in [-0.4, -0.2) is 28.2 Å². The van der Waals surface area contributed by atoms with Gasteiger partial charge in [0.15, 0.2) is 0 Å². The molecule has 0 aliphatic rings. The molecule has 0 saturated carbocycles. The van der Waals surface area contributed by atoms with Crippen molar-refractivity contribution < 1.29 is 9.53 Å². The molecule has 0 saturated heterocycles. The lowest BCUT2D eigenvalue weighted by Crippen LogP contribution is -2.32. The molecule has 0 radical (unpaired) electrons. The molecule has 1 aromatic carbocycles. The number of aromatic nitrogens is 2. The highest BCUT2D eigenvalue weighted by Crippen LogP contribution is 2.13. The van der Waals surface area contributed by atoms with E-state index in [1.807, 2.05) is 39.0 Å². The van der Waals surface area contributed by atoms with Crippen LogP contribution >= 0.6 is 11.6 Å². The van der Waals surface area contributed by atoms with Gasteiger partial charge in [0.05, 0.1) is 17.2 Å². The van der Waals surface area contributed by atoms with Crippen LogP contribution in [-0.2, 0) is 4.74 Å². The van der Waals surface area contributed by atoms with Gasteiger partial charge < -0.3 is 10.1 Å². The van der Waals surface area contributed by atoms with E-state index in [1.54, 1.807) is 0 Å². The number of benzene rings is 1. The number of alkyl carbamates (subject to hydrolysis) is 1. The van der Waals surface area contributed by atoms with E-state index in [1.165, 1.54) is 6.20 Å². The fourth-order valence-electron chi connectivity index (χ4n) is 1.77. The number of carbonyl (C=O) groups excluding carboxylic acids is 1. The van der Waals surface area contributed by atoms with E-state index >= 15 is 0 Å². The van der Waals surface area contributed by atoms with E-state index in [-0.39, 0.29) is 0 Å². The van der Waals surface area contributed by atoms with E-state index < -0.39 is 11.7 Å². The minimum Gasteiger partial charge on any atom is -0.444 e. The number of rotatable bonds is 2. The second kappa shape index (κ2) is 7.30. The second-order valence-corrected chi connectivity index (χ2v) is 6.26. The summed E-state index contributed by atoms with van der Waals surface area (Å²) >= 11 is 5.83. The van der Waals surface area contributed by atoms with Crippen molar-refractivity contribution in [3.05, 3.63) is 35.1 Å². The largest absolute Gasteiger partial charge is 0.444 e. The monoisotopic (exact) mass is 331 g/mol. The summed E-state index contributed by atoms with van der Waals surface area (Å²) in [5.41, 5.74) is 1.80. The molecule has 2 rings (SSSR count). The Kier molecular flexibility index (Phi) is 5.41. The van der Waals surface area contributed by atoms with E-state index in [9.17, 15) is 4.79 Å². The lowest BCUT2D eigenvalue weighted by molar-refractivity contribution is 0.0529. The molecule has 1 heterocycles. The van der Waals surface area contributed by atoms with Crippen LogP contribution in [0.1, 0.15) is 32.8 Å². The van der Waals surface area contributed by atoms with Crippen LogP contribution in [0.4, 0.5) is 4.79 Å². The topological polar surface area (TPSA) is 64.1 Å². The van der Waals surface area contributed by atoms with Gasteiger partial charge in [-0.1, -0.05) is 23.4 Å². The summed E-state index contributed by atoms with van der Waals surface area (Å²) in [6.45, 7) is 5.89. The summed E-state index contributed by atoms with van der Waals surface area (Å²) < 4.78 is 5.14. The zero-order valence-corrected chi connectivity index (χ0v) is 14.1. The van der Waals surface area contributed by atoms with Crippen LogP contribution in [0, 0.1) is 11.8 Å². The van der Waals surface area contributed by atoms with Crippen LogP contribution in [0.5, 0.6) is 0 Å². The first kappa shape index (κ1) is 17.0. The molecule has 0 unspecified atom stereocenters. The zero-order valence-electron chi connectivity index (χ0n) is 13.3. The van der Waals surface area contributed by atoms with Gasteiger partial charge >= 0.3 is 6.09 Å². The van der Waals surface area contributed by atoms with E-state index in [2.05, 4.69) is 27.1 Å². The van der Waals surface area contributed by atoms with E-state index in [0.717, 1.165) is 11.1 Å². The molecular weight excluding hydrogens is 314 g/mol. The van der Waals surface area contributed by atoms with Crippen LogP contribution in [0.15, 0.2) is 24.4 Å². The van der Waals surface area contributed by atoms with Crippen molar-refractivity contribution in [3.8, 4) is 11.8 Å². The Labute approximate surface area is 140 Å². The van der Waals surface area contributed by atoms with Crippen molar-refractivity contribution in [1.82, 2.24) is 15.3 Å². The number of nitrogens with one attached hydrogen (secondary N) is 1. The molecule has 23 heavy (non-hydrogen) atoms. The summed E-state index contributed by atoms with van der Waals surface area (Å²) in [6, 6.07) is 5.56. The molecule has 1 amide bonds. The molecular formula is C17H18ClN3O2. The number of amides is 1. The van der Waals surface area contributed by atoms with Gasteiger partial charge in [-0.3, -0.25) is 4.98 Å². The number of fused-ring (bicyclic) bond motifs is 1. The molecule has 6 heteroatoms. The number of carbonyl (C=O) groups is 1. The number of hydrogen-bond donors (Lipinski definition) is 1. The molecule has 2 aromatic rings.